The van der Waals surface area contributed by atoms with Gasteiger partial charge in [0.15, 0.2) is 12.3 Å². The Morgan fingerprint density at radius 1 is 1.27 bits per heavy atom. The standard InChI is InChI=1S/C19H17ClF4N4O2/c1-10-17(27-15-6-25-14(5-26-15)19(22,23)24)8-18(10,9-17)28-16(29)7-30-11-2-3-12(20)13(21)4-11/h2-6,10H,7-9H2,1H3,(H,26,27)(H,28,29)/t10-,17?,18?/m0/s1. The maximum absolute atomic E-state index is 13.4. The number of aromatic nitrogens is 2. The second-order valence-corrected chi connectivity index (χ2v) is 8.12. The Labute approximate surface area is 174 Å². The van der Waals surface area contributed by atoms with Crippen molar-refractivity contribution >= 4 is 23.3 Å². The Morgan fingerprint density at radius 2 is 2.00 bits per heavy atom. The zero-order chi connectivity index (χ0) is 21.7. The molecule has 1 heterocycles. The predicted octanol–water partition coefficient (Wildman–Crippen LogP) is 3.82. The highest BCUT2D eigenvalue weighted by Crippen LogP contribution is 2.65. The summed E-state index contributed by atoms with van der Waals surface area (Å²) >= 11 is 5.60. The first-order valence-corrected chi connectivity index (χ1v) is 9.47. The molecule has 3 aliphatic carbocycles. The Morgan fingerprint density at radius 3 is 2.57 bits per heavy atom. The fourth-order valence-electron chi connectivity index (χ4n) is 4.17. The number of hydrogen-bond donors (Lipinski definition) is 2. The number of ether oxygens (including phenoxy) is 1. The number of halogens is 5. The van der Waals surface area contributed by atoms with Crippen molar-refractivity contribution in [1.82, 2.24) is 15.3 Å². The summed E-state index contributed by atoms with van der Waals surface area (Å²) in [7, 11) is 0. The molecular formula is C19H17ClF4N4O2. The van der Waals surface area contributed by atoms with Crippen molar-refractivity contribution in [1.29, 1.82) is 0 Å². The van der Waals surface area contributed by atoms with E-state index in [1.807, 2.05) is 6.92 Å². The van der Waals surface area contributed by atoms with Crippen molar-refractivity contribution in [2.24, 2.45) is 5.92 Å². The molecule has 2 aromatic rings. The molecule has 0 aliphatic heterocycles. The lowest BCUT2D eigenvalue weighted by Gasteiger charge is -2.75. The third-order valence-electron chi connectivity index (χ3n) is 5.89. The molecule has 0 spiro atoms. The van der Waals surface area contributed by atoms with E-state index in [2.05, 4.69) is 20.6 Å². The number of rotatable bonds is 6. The quantitative estimate of drug-likeness (QED) is 0.662. The lowest BCUT2D eigenvalue weighted by Crippen LogP contribution is -2.87. The summed E-state index contributed by atoms with van der Waals surface area (Å²) in [6, 6.07) is 3.91. The van der Waals surface area contributed by atoms with Crippen LogP contribution in [-0.4, -0.2) is 33.6 Å². The number of alkyl halides is 3. The van der Waals surface area contributed by atoms with Gasteiger partial charge in [0.05, 0.1) is 17.4 Å². The van der Waals surface area contributed by atoms with Crippen molar-refractivity contribution in [2.75, 3.05) is 11.9 Å². The van der Waals surface area contributed by atoms with Crippen molar-refractivity contribution < 1.29 is 27.1 Å². The van der Waals surface area contributed by atoms with E-state index in [1.54, 1.807) is 0 Å². The van der Waals surface area contributed by atoms with Crippen molar-refractivity contribution in [2.45, 2.75) is 37.0 Å². The Balaban J connectivity index is 1.29. The predicted molar refractivity (Wildman–Crippen MR) is 99.6 cm³/mol. The fraction of sp³-hybridized carbons (Fsp3) is 0.421. The first kappa shape index (κ1) is 20.6. The Bertz CT molecular complexity index is 977. The van der Waals surface area contributed by atoms with Gasteiger partial charge in [-0.1, -0.05) is 18.5 Å². The van der Waals surface area contributed by atoms with Crippen LogP contribution in [-0.2, 0) is 11.0 Å². The maximum atomic E-state index is 13.4. The molecule has 30 heavy (non-hydrogen) atoms. The van der Waals surface area contributed by atoms with Gasteiger partial charge in [-0.25, -0.2) is 14.4 Å². The third-order valence-corrected chi connectivity index (χ3v) is 6.19. The van der Waals surface area contributed by atoms with E-state index in [9.17, 15) is 22.4 Å². The molecule has 3 saturated carbocycles. The molecule has 1 amide bonds. The highest BCUT2D eigenvalue weighted by molar-refractivity contribution is 6.30. The van der Waals surface area contributed by atoms with E-state index in [4.69, 9.17) is 16.3 Å². The van der Waals surface area contributed by atoms with E-state index >= 15 is 0 Å². The number of benzene rings is 1. The lowest BCUT2D eigenvalue weighted by atomic mass is 9.37. The number of amides is 1. The van der Waals surface area contributed by atoms with Crippen LogP contribution in [0.5, 0.6) is 5.75 Å². The number of nitrogens with one attached hydrogen (secondary N) is 2. The number of nitrogens with zero attached hydrogens (tertiary/aromatic N) is 2. The summed E-state index contributed by atoms with van der Waals surface area (Å²) < 4.78 is 56.5. The molecule has 0 radical (unpaired) electrons. The van der Waals surface area contributed by atoms with E-state index in [0.717, 1.165) is 12.3 Å². The first-order chi connectivity index (χ1) is 14.0. The van der Waals surface area contributed by atoms with E-state index < -0.39 is 23.2 Å². The van der Waals surface area contributed by atoms with Gasteiger partial charge in [-0.2, -0.15) is 13.2 Å². The molecule has 160 valence electrons. The van der Waals surface area contributed by atoms with E-state index in [-0.39, 0.29) is 40.6 Å². The summed E-state index contributed by atoms with van der Waals surface area (Å²) in [6.07, 6.45) is -1.59. The summed E-state index contributed by atoms with van der Waals surface area (Å²) in [5.74, 6) is -0.507. The smallest absolute Gasteiger partial charge is 0.434 e. The van der Waals surface area contributed by atoms with Gasteiger partial charge in [-0.05, 0) is 25.0 Å². The molecule has 6 nitrogen and oxygen atoms in total. The highest BCUT2D eigenvalue weighted by Gasteiger charge is 2.74. The monoisotopic (exact) mass is 444 g/mol. The second-order valence-electron chi connectivity index (χ2n) is 7.71. The zero-order valence-corrected chi connectivity index (χ0v) is 16.4. The van der Waals surface area contributed by atoms with Crippen LogP contribution >= 0.6 is 11.6 Å². The first-order valence-electron chi connectivity index (χ1n) is 9.09. The van der Waals surface area contributed by atoms with Gasteiger partial charge in [0.2, 0.25) is 0 Å². The van der Waals surface area contributed by atoms with Crippen LogP contribution in [0.3, 0.4) is 0 Å². The topological polar surface area (TPSA) is 76.1 Å². The van der Waals surface area contributed by atoms with Crippen LogP contribution in [0.2, 0.25) is 5.02 Å². The van der Waals surface area contributed by atoms with Crippen LogP contribution in [0.1, 0.15) is 25.5 Å². The van der Waals surface area contributed by atoms with Crippen LogP contribution in [0, 0.1) is 11.7 Å². The minimum Gasteiger partial charge on any atom is -0.484 e. The van der Waals surface area contributed by atoms with Crippen molar-refractivity contribution in [3.63, 3.8) is 0 Å². The normalized spacial score (nSPS) is 26.9. The molecule has 3 fully saturated rings. The minimum atomic E-state index is -4.54. The largest absolute Gasteiger partial charge is 0.484 e. The number of carbonyl (C=O) groups is 1. The van der Waals surface area contributed by atoms with Crippen molar-refractivity contribution in [3.8, 4) is 5.75 Å². The summed E-state index contributed by atoms with van der Waals surface area (Å²) in [4.78, 5) is 19.4. The van der Waals surface area contributed by atoms with Gasteiger partial charge in [-0.3, -0.25) is 4.79 Å². The van der Waals surface area contributed by atoms with Gasteiger partial charge in [0, 0.05) is 23.1 Å². The number of hydrogen-bond acceptors (Lipinski definition) is 5. The van der Waals surface area contributed by atoms with Gasteiger partial charge in [0.1, 0.15) is 17.4 Å². The van der Waals surface area contributed by atoms with Crippen molar-refractivity contribution in [3.05, 3.63) is 47.1 Å². The van der Waals surface area contributed by atoms with E-state index in [0.29, 0.717) is 19.0 Å². The van der Waals surface area contributed by atoms with Gasteiger partial charge in [-0.15, -0.1) is 0 Å². The minimum absolute atomic E-state index is 0.0334. The average molecular weight is 445 g/mol. The van der Waals surface area contributed by atoms with Gasteiger partial charge < -0.3 is 15.4 Å². The SMILES string of the molecule is C[C@@H]1C2(NC(=O)COc3ccc(Cl)c(F)c3)CC1(Nc1cnc(C(F)(F)F)cn1)C2. The van der Waals surface area contributed by atoms with Gasteiger partial charge >= 0.3 is 6.18 Å². The van der Waals surface area contributed by atoms with Crippen LogP contribution in [0.15, 0.2) is 30.6 Å². The zero-order valence-electron chi connectivity index (χ0n) is 15.7. The highest BCUT2D eigenvalue weighted by atomic mass is 35.5. The molecule has 0 unspecified atom stereocenters. The molecule has 5 rings (SSSR count). The molecular weight excluding hydrogens is 428 g/mol. The molecule has 1 aromatic heterocycles. The maximum Gasteiger partial charge on any atom is 0.434 e. The Kier molecular flexibility index (Phi) is 4.80. The van der Waals surface area contributed by atoms with Crippen LogP contribution in [0.25, 0.3) is 0 Å². The molecule has 3 aliphatic rings. The third kappa shape index (κ3) is 3.53. The molecule has 2 N–H and O–H groups in total. The average Bonchev–Trinajstić information content (AvgIpc) is 2.67. The summed E-state index contributed by atoms with van der Waals surface area (Å²) in [6.45, 7) is 1.66. The number of carbonyl (C=O) groups excluding carboxylic acids is 1. The van der Waals surface area contributed by atoms with Crippen LogP contribution < -0.4 is 15.4 Å². The molecule has 0 saturated heterocycles. The van der Waals surface area contributed by atoms with E-state index in [1.165, 1.54) is 12.1 Å². The molecule has 2 bridgehead atoms. The van der Waals surface area contributed by atoms with Gasteiger partial charge in [0.25, 0.3) is 5.91 Å². The fourth-order valence-corrected chi connectivity index (χ4v) is 4.29. The molecule has 1 aromatic carbocycles. The summed E-state index contributed by atoms with van der Waals surface area (Å²) in [5.41, 5.74) is -1.80. The molecule has 11 heteroatoms. The summed E-state index contributed by atoms with van der Waals surface area (Å²) in [5, 5.41) is 6.04. The number of anilines is 1. The second kappa shape index (κ2) is 6.97. The Hall–Kier alpha value is -2.62. The molecule has 1 atom stereocenters. The van der Waals surface area contributed by atoms with Crippen LogP contribution in [0.4, 0.5) is 23.4 Å². The lowest BCUT2D eigenvalue weighted by molar-refractivity contribution is -0.156.